The van der Waals surface area contributed by atoms with Gasteiger partial charge in [0.2, 0.25) is 0 Å². The number of halogens is 1. The molecular weight excluding hydrogens is 286 g/mol. The zero-order valence-corrected chi connectivity index (χ0v) is 13.4. The first kappa shape index (κ1) is 14.5. The van der Waals surface area contributed by atoms with Crippen molar-refractivity contribution in [2.24, 2.45) is 7.05 Å². The highest BCUT2D eigenvalue weighted by atomic mass is 35.5. The zero-order valence-electron chi connectivity index (χ0n) is 12.7. The first-order chi connectivity index (χ1) is 10.1. The number of aryl methyl sites for hydroxylation is 3. The van der Waals surface area contributed by atoms with Gasteiger partial charge in [-0.1, -0.05) is 11.6 Å². The molecule has 1 aliphatic rings. The summed E-state index contributed by atoms with van der Waals surface area (Å²) in [5.41, 5.74) is 4.14. The van der Waals surface area contributed by atoms with Crippen molar-refractivity contribution in [1.29, 1.82) is 0 Å². The lowest BCUT2D eigenvalue weighted by molar-refractivity contribution is 0.244. The van der Waals surface area contributed by atoms with Crippen LogP contribution >= 0.6 is 11.6 Å². The number of rotatable bonds is 3. The minimum Gasteiger partial charge on any atom is -0.290 e. The van der Waals surface area contributed by atoms with Gasteiger partial charge in [0.15, 0.2) is 0 Å². The molecule has 21 heavy (non-hydrogen) atoms. The van der Waals surface area contributed by atoms with Gasteiger partial charge in [-0.2, -0.15) is 5.10 Å². The molecule has 0 spiro atoms. The Morgan fingerprint density at radius 2 is 2.10 bits per heavy atom. The highest BCUT2D eigenvalue weighted by Gasteiger charge is 2.31. The van der Waals surface area contributed by atoms with E-state index in [9.17, 15) is 0 Å². The molecule has 3 heterocycles. The lowest BCUT2D eigenvalue weighted by Gasteiger charge is -2.24. The lowest BCUT2D eigenvalue weighted by atomic mass is 10.1. The van der Waals surface area contributed by atoms with Crippen LogP contribution in [0.4, 0.5) is 0 Å². The molecular formula is C15H20ClN5. The molecule has 1 aliphatic heterocycles. The smallest absolute Gasteiger partial charge is 0.131 e. The van der Waals surface area contributed by atoms with E-state index in [2.05, 4.69) is 20.0 Å². The van der Waals surface area contributed by atoms with E-state index in [-0.39, 0.29) is 0 Å². The van der Waals surface area contributed by atoms with Crippen molar-refractivity contribution in [3.63, 3.8) is 0 Å². The molecule has 6 heteroatoms. The van der Waals surface area contributed by atoms with Crippen LogP contribution in [0.3, 0.4) is 0 Å². The van der Waals surface area contributed by atoms with Crippen molar-refractivity contribution in [2.45, 2.75) is 39.3 Å². The standard InChI is InChI=1S/C15H20ClN5/c1-10-7-18-12(8-17-10)9-21-6-4-5-13(21)14-11(2)19-20(3)15(14)16/h7-8,13H,4-6,9H2,1-3H3/t13-/m1/s1. The minimum absolute atomic E-state index is 0.328. The molecule has 2 aromatic rings. The van der Waals surface area contributed by atoms with Gasteiger partial charge in [0.05, 0.1) is 17.1 Å². The monoisotopic (exact) mass is 305 g/mol. The molecule has 1 fully saturated rings. The number of hydrogen-bond acceptors (Lipinski definition) is 4. The summed E-state index contributed by atoms with van der Waals surface area (Å²) in [4.78, 5) is 11.2. The molecule has 0 aliphatic carbocycles. The van der Waals surface area contributed by atoms with Gasteiger partial charge in [0.1, 0.15) is 5.15 Å². The Hall–Kier alpha value is -1.46. The van der Waals surface area contributed by atoms with Gasteiger partial charge in [-0.25, -0.2) is 0 Å². The second-order valence-electron chi connectivity index (χ2n) is 5.69. The molecule has 2 aromatic heterocycles. The van der Waals surface area contributed by atoms with Crippen LogP contribution in [0.2, 0.25) is 5.15 Å². The Morgan fingerprint density at radius 3 is 2.71 bits per heavy atom. The van der Waals surface area contributed by atoms with E-state index in [4.69, 9.17) is 11.6 Å². The van der Waals surface area contributed by atoms with Crippen LogP contribution in [0.1, 0.15) is 41.5 Å². The van der Waals surface area contributed by atoms with E-state index in [1.165, 1.54) is 6.42 Å². The maximum atomic E-state index is 6.43. The van der Waals surface area contributed by atoms with E-state index in [1.54, 1.807) is 4.68 Å². The largest absolute Gasteiger partial charge is 0.290 e. The van der Waals surface area contributed by atoms with Crippen molar-refractivity contribution < 1.29 is 0 Å². The second kappa shape index (κ2) is 5.73. The maximum absolute atomic E-state index is 6.43. The Kier molecular flexibility index (Phi) is 3.95. The van der Waals surface area contributed by atoms with Crippen LogP contribution in [0, 0.1) is 13.8 Å². The van der Waals surface area contributed by atoms with Gasteiger partial charge < -0.3 is 0 Å². The van der Waals surface area contributed by atoms with E-state index >= 15 is 0 Å². The highest BCUT2D eigenvalue weighted by molar-refractivity contribution is 6.30. The van der Waals surface area contributed by atoms with Crippen molar-refractivity contribution in [3.05, 3.63) is 40.2 Å². The van der Waals surface area contributed by atoms with Gasteiger partial charge >= 0.3 is 0 Å². The van der Waals surface area contributed by atoms with Gasteiger partial charge in [-0.15, -0.1) is 0 Å². The topological polar surface area (TPSA) is 46.8 Å². The average molecular weight is 306 g/mol. The number of nitrogens with zero attached hydrogens (tertiary/aromatic N) is 5. The minimum atomic E-state index is 0.328. The van der Waals surface area contributed by atoms with Gasteiger partial charge in [0, 0.05) is 37.6 Å². The van der Waals surface area contributed by atoms with Crippen LogP contribution in [-0.4, -0.2) is 31.2 Å². The Balaban J connectivity index is 1.84. The summed E-state index contributed by atoms with van der Waals surface area (Å²) in [7, 11) is 1.89. The zero-order chi connectivity index (χ0) is 15.0. The van der Waals surface area contributed by atoms with Crippen LogP contribution in [0.25, 0.3) is 0 Å². The van der Waals surface area contributed by atoms with Crippen LogP contribution < -0.4 is 0 Å². The second-order valence-corrected chi connectivity index (χ2v) is 6.05. The first-order valence-corrected chi connectivity index (χ1v) is 7.64. The summed E-state index contributed by atoms with van der Waals surface area (Å²) < 4.78 is 1.76. The Morgan fingerprint density at radius 1 is 1.29 bits per heavy atom. The van der Waals surface area contributed by atoms with Gasteiger partial charge in [-0.05, 0) is 33.2 Å². The third-order valence-electron chi connectivity index (χ3n) is 4.09. The van der Waals surface area contributed by atoms with Crippen LogP contribution in [-0.2, 0) is 13.6 Å². The summed E-state index contributed by atoms with van der Waals surface area (Å²) in [5, 5.41) is 5.19. The summed E-state index contributed by atoms with van der Waals surface area (Å²) in [6.45, 7) is 5.85. The van der Waals surface area contributed by atoms with E-state index in [0.717, 1.165) is 47.3 Å². The fraction of sp³-hybridized carbons (Fsp3) is 0.533. The molecule has 3 rings (SSSR count). The highest BCUT2D eigenvalue weighted by Crippen LogP contribution is 2.38. The fourth-order valence-corrected chi connectivity index (χ4v) is 3.38. The SMILES string of the molecule is Cc1cnc(CN2CCC[C@@H]2c2c(C)nn(C)c2Cl)cn1. The molecule has 1 atom stereocenters. The van der Waals surface area contributed by atoms with Crippen molar-refractivity contribution in [2.75, 3.05) is 6.54 Å². The fourth-order valence-electron chi connectivity index (χ4n) is 3.08. The average Bonchev–Trinajstić information content (AvgIpc) is 2.98. The molecule has 0 bridgehead atoms. The van der Waals surface area contributed by atoms with Gasteiger partial charge in [0.25, 0.3) is 0 Å². The van der Waals surface area contributed by atoms with Crippen LogP contribution in [0.15, 0.2) is 12.4 Å². The Bertz CT molecular complexity index is 634. The van der Waals surface area contributed by atoms with Crippen LogP contribution in [0.5, 0.6) is 0 Å². The molecule has 112 valence electrons. The van der Waals surface area contributed by atoms with E-state index in [1.807, 2.05) is 33.3 Å². The van der Waals surface area contributed by atoms with Crippen molar-refractivity contribution >= 4 is 11.6 Å². The Labute approximate surface area is 130 Å². The third-order valence-corrected chi connectivity index (χ3v) is 4.54. The van der Waals surface area contributed by atoms with Crippen molar-refractivity contribution in [1.82, 2.24) is 24.6 Å². The third kappa shape index (κ3) is 2.80. The molecule has 0 aromatic carbocycles. The maximum Gasteiger partial charge on any atom is 0.131 e. The molecule has 0 amide bonds. The van der Waals surface area contributed by atoms with Crippen molar-refractivity contribution in [3.8, 4) is 0 Å². The van der Waals surface area contributed by atoms with E-state index < -0.39 is 0 Å². The summed E-state index contributed by atoms with van der Waals surface area (Å²) in [5.74, 6) is 0. The predicted molar refractivity (Wildman–Crippen MR) is 82.1 cm³/mol. The molecule has 5 nitrogen and oxygen atoms in total. The number of likely N-dealkylation sites (tertiary alicyclic amines) is 1. The number of hydrogen-bond donors (Lipinski definition) is 0. The van der Waals surface area contributed by atoms with Gasteiger partial charge in [-0.3, -0.25) is 19.5 Å². The molecule has 0 unspecified atom stereocenters. The normalized spacial score (nSPS) is 19.3. The number of aromatic nitrogens is 4. The molecule has 0 radical (unpaired) electrons. The summed E-state index contributed by atoms with van der Waals surface area (Å²) >= 11 is 6.43. The quantitative estimate of drug-likeness (QED) is 0.875. The predicted octanol–water partition coefficient (Wildman–Crippen LogP) is 2.82. The lowest BCUT2D eigenvalue weighted by Crippen LogP contribution is -2.24. The molecule has 1 saturated heterocycles. The first-order valence-electron chi connectivity index (χ1n) is 7.27. The summed E-state index contributed by atoms with van der Waals surface area (Å²) in [6.07, 6.45) is 5.98. The molecule has 0 N–H and O–H groups in total. The molecule has 0 saturated carbocycles. The van der Waals surface area contributed by atoms with E-state index in [0.29, 0.717) is 6.04 Å². The summed E-state index contributed by atoms with van der Waals surface area (Å²) in [6, 6.07) is 0.328.